The van der Waals surface area contributed by atoms with Crippen LogP contribution in [-0.2, 0) is 10.9 Å². The van der Waals surface area contributed by atoms with Gasteiger partial charge in [0.15, 0.2) is 5.75 Å². The van der Waals surface area contributed by atoms with Crippen molar-refractivity contribution < 1.29 is 42.6 Å². The van der Waals surface area contributed by atoms with Gasteiger partial charge < -0.3 is 20.3 Å². The normalized spacial score (nSPS) is 13.8. The van der Waals surface area contributed by atoms with Crippen LogP contribution in [0.5, 0.6) is 11.5 Å². The summed E-state index contributed by atoms with van der Waals surface area (Å²) in [6, 6.07) is -1.27. The standard InChI is InChI=1S/C16H18F3N3O7/c1-29-6-2-5-21(15(26)20-8-3-4-8)14(25)11-9(16(17,18)19)7-10(23)13(24)12(11)22(27)28/h7-8,23-24H,2-6H2,1H3,(H,20,26). The predicted molar refractivity (Wildman–Crippen MR) is 90.5 cm³/mol. The largest absolute Gasteiger partial charge is 0.504 e. The Bertz CT molecular complexity index is 825. The number of aromatic hydroxyl groups is 2. The number of hydrogen-bond donors (Lipinski definition) is 3. The molecule has 0 spiro atoms. The molecule has 2 rings (SSSR count). The summed E-state index contributed by atoms with van der Waals surface area (Å²) >= 11 is 0. The van der Waals surface area contributed by atoms with Gasteiger partial charge in [-0.25, -0.2) is 4.79 Å². The summed E-state index contributed by atoms with van der Waals surface area (Å²) in [6.07, 6.45) is -3.98. The molecule has 3 amide bonds. The molecule has 13 heteroatoms. The van der Waals surface area contributed by atoms with Crippen molar-refractivity contribution in [3.05, 3.63) is 27.3 Å². The van der Waals surface area contributed by atoms with Crippen LogP contribution in [0.2, 0.25) is 0 Å². The molecule has 0 aromatic heterocycles. The first-order valence-electron chi connectivity index (χ1n) is 8.40. The third kappa shape index (κ3) is 5.04. The number of nitrogens with zero attached hydrogens (tertiary/aromatic N) is 2. The van der Waals surface area contributed by atoms with Crippen molar-refractivity contribution in [2.45, 2.75) is 31.5 Å². The number of imide groups is 1. The van der Waals surface area contributed by atoms with Crippen molar-refractivity contribution in [2.24, 2.45) is 0 Å². The Balaban J connectivity index is 2.59. The Labute approximate surface area is 162 Å². The summed E-state index contributed by atoms with van der Waals surface area (Å²) in [5.41, 5.74) is -5.03. The molecule has 3 N–H and O–H groups in total. The van der Waals surface area contributed by atoms with E-state index in [-0.39, 0.29) is 31.7 Å². The molecule has 1 aliphatic rings. The highest BCUT2D eigenvalue weighted by Gasteiger charge is 2.45. The monoisotopic (exact) mass is 421 g/mol. The fraction of sp³-hybridized carbons (Fsp3) is 0.500. The average Bonchev–Trinajstić information content (AvgIpc) is 3.42. The van der Waals surface area contributed by atoms with Crippen molar-refractivity contribution in [3.8, 4) is 11.5 Å². The molecule has 0 saturated heterocycles. The number of nitro benzene ring substituents is 1. The van der Waals surface area contributed by atoms with Crippen LogP contribution in [0.4, 0.5) is 23.7 Å². The number of carbonyl (C=O) groups is 2. The van der Waals surface area contributed by atoms with E-state index in [1.165, 1.54) is 7.11 Å². The Kier molecular flexibility index (Phi) is 6.51. The van der Waals surface area contributed by atoms with Gasteiger partial charge in [0.05, 0.1) is 10.5 Å². The third-order valence-electron chi connectivity index (χ3n) is 4.08. The van der Waals surface area contributed by atoms with Gasteiger partial charge in [-0.2, -0.15) is 13.2 Å². The zero-order chi connectivity index (χ0) is 21.9. The number of amides is 3. The Morgan fingerprint density at radius 2 is 2.00 bits per heavy atom. The molecule has 1 fully saturated rings. The second-order valence-electron chi connectivity index (χ2n) is 6.30. The molecular formula is C16H18F3N3O7. The van der Waals surface area contributed by atoms with Crippen molar-refractivity contribution >= 4 is 17.6 Å². The maximum Gasteiger partial charge on any atom is 0.417 e. The van der Waals surface area contributed by atoms with Gasteiger partial charge in [0.25, 0.3) is 5.91 Å². The van der Waals surface area contributed by atoms with Crippen LogP contribution in [0.15, 0.2) is 6.07 Å². The number of phenolic OH excluding ortho intramolecular Hbond substituents is 2. The summed E-state index contributed by atoms with van der Waals surface area (Å²) < 4.78 is 45.1. The molecule has 160 valence electrons. The smallest absolute Gasteiger partial charge is 0.417 e. The van der Waals surface area contributed by atoms with E-state index in [0.29, 0.717) is 17.7 Å². The van der Waals surface area contributed by atoms with Gasteiger partial charge in [-0.05, 0) is 25.3 Å². The zero-order valence-corrected chi connectivity index (χ0v) is 15.2. The van der Waals surface area contributed by atoms with Gasteiger partial charge in [0.2, 0.25) is 5.75 Å². The number of urea groups is 1. The lowest BCUT2D eigenvalue weighted by molar-refractivity contribution is -0.386. The molecule has 1 aromatic carbocycles. The zero-order valence-electron chi connectivity index (χ0n) is 15.2. The lowest BCUT2D eigenvalue weighted by atomic mass is 10.0. The van der Waals surface area contributed by atoms with E-state index in [1.54, 1.807) is 0 Å². The molecule has 10 nitrogen and oxygen atoms in total. The summed E-state index contributed by atoms with van der Waals surface area (Å²) in [4.78, 5) is 35.5. The number of alkyl halides is 3. The van der Waals surface area contributed by atoms with Crippen LogP contribution in [-0.4, -0.2) is 58.3 Å². The van der Waals surface area contributed by atoms with Crippen LogP contribution in [0.3, 0.4) is 0 Å². The van der Waals surface area contributed by atoms with Crippen LogP contribution >= 0.6 is 0 Å². The number of benzene rings is 1. The maximum absolute atomic E-state index is 13.4. The molecule has 29 heavy (non-hydrogen) atoms. The quantitative estimate of drug-likeness (QED) is 0.265. The molecule has 0 atom stereocenters. The molecule has 0 radical (unpaired) electrons. The highest BCUT2D eigenvalue weighted by molar-refractivity contribution is 6.08. The number of nitrogens with one attached hydrogen (secondary N) is 1. The van der Waals surface area contributed by atoms with E-state index in [2.05, 4.69) is 5.32 Å². The summed E-state index contributed by atoms with van der Waals surface area (Å²) in [5, 5.41) is 32.9. The van der Waals surface area contributed by atoms with Gasteiger partial charge in [0.1, 0.15) is 5.56 Å². The first-order valence-corrected chi connectivity index (χ1v) is 8.40. The van der Waals surface area contributed by atoms with E-state index >= 15 is 0 Å². The number of phenols is 2. The molecular weight excluding hydrogens is 403 g/mol. The minimum absolute atomic E-state index is 0.00168. The number of carbonyl (C=O) groups excluding carboxylic acids is 2. The molecule has 1 aliphatic carbocycles. The highest BCUT2D eigenvalue weighted by Crippen LogP contribution is 2.45. The second-order valence-corrected chi connectivity index (χ2v) is 6.30. The highest BCUT2D eigenvalue weighted by atomic mass is 19.4. The topological polar surface area (TPSA) is 142 Å². The Morgan fingerprint density at radius 3 is 2.48 bits per heavy atom. The minimum Gasteiger partial charge on any atom is -0.504 e. The third-order valence-corrected chi connectivity index (χ3v) is 4.08. The molecule has 0 aliphatic heterocycles. The number of rotatable bonds is 7. The number of hydrogen-bond acceptors (Lipinski definition) is 7. The molecule has 0 heterocycles. The Hall–Kier alpha value is -3.09. The SMILES string of the molecule is COCCCN(C(=O)NC1CC1)C(=O)c1c(C(F)(F)F)cc(O)c(O)c1[N+](=O)[O-]. The van der Waals surface area contributed by atoms with E-state index in [1.807, 2.05) is 0 Å². The van der Waals surface area contributed by atoms with Crippen LogP contribution in [0.25, 0.3) is 0 Å². The van der Waals surface area contributed by atoms with Crippen LogP contribution in [0, 0.1) is 10.1 Å². The van der Waals surface area contributed by atoms with Gasteiger partial charge in [-0.3, -0.25) is 19.8 Å². The number of ether oxygens (including phenoxy) is 1. The lowest BCUT2D eigenvalue weighted by Crippen LogP contribution is -2.46. The van der Waals surface area contributed by atoms with E-state index in [4.69, 9.17) is 4.74 Å². The molecule has 1 aromatic rings. The predicted octanol–water partition coefficient (Wildman–Crippen LogP) is 2.38. The van der Waals surface area contributed by atoms with Crippen LogP contribution < -0.4 is 5.32 Å². The fourth-order valence-electron chi connectivity index (χ4n) is 2.54. The van der Waals surface area contributed by atoms with Gasteiger partial charge in [-0.15, -0.1) is 0 Å². The van der Waals surface area contributed by atoms with Gasteiger partial charge >= 0.3 is 17.9 Å². The molecule has 1 saturated carbocycles. The van der Waals surface area contributed by atoms with Crippen molar-refractivity contribution in [3.63, 3.8) is 0 Å². The number of halogens is 3. The maximum atomic E-state index is 13.4. The summed E-state index contributed by atoms with van der Waals surface area (Å²) in [5.74, 6) is -4.56. The fourth-order valence-corrected chi connectivity index (χ4v) is 2.54. The average molecular weight is 421 g/mol. The van der Waals surface area contributed by atoms with Gasteiger partial charge in [-0.1, -0.05) is 0 Å². The van der Waals surface area contributed by atoms with Crippen LogP contribution in [0.1, 0.15) is 35.2 Å². The summed E-state index contributed by atoms with van der Waals surface area (Å²) in [6.45, 7) is -0.323. The van der Waals surface area contributed by atoms with Crippen molar-refractivity contribution in [1.29, 1.82) is 0 Å². The number of methoxy groups -OCH3 is 1. The van der Waals surface area contributed by atoms with E-state index < -0.39 is 51.4 Å². The van der Waals surface area contributed by atoms with Gasteiger partial charge in [0, 0.05) is 26.3 Å². The van der Waals surface area contributed by atoms with Crippen molar-refractivity contribution in [1.82, 2.24) is 10.2 Å². The van der Waals surface area contributed by atoms with Crippen molar-refractivity contribution in [2.75, 3.05) is 20.3 Å². The second kappa shape index (κ2) is 8.51. The minimum atomic E-state index is -5.29. The summed E-state index contributed by atoms with van der Waals surface area (Å²) in [7, 11) is 1.33. The number of nitro groups is 1. The molecule has 0 bridgehead atoms. The van der Waals surface area contributed by atoms with E-state index in [9.17, 15) is 43.1 Å². The van der Waals surface area contributed by atoms with E-state index in [0.717, 1.165) is 0 Å². The molecule has 0 unspecified atom stereocenters. The Morgan fingerprint density at radius 1 is 1.38 bits per heavy atom. The first kappa shape index (κ1) is 22.2. The lowest BCUT2D eigenvalue weighted by Gasteiger charge is -2.23. The first-order chi connectivity index (χ1) is 13.5.